The second-order valence-corrected chi connectivity index (χ2v) is 8.69. The van der Waals surface area contributed by atoms with Gasteiger partial charge in [-0.15, -0.1) is 23.1 Å². The molecular weight excluding hydrogens is 405 g/mol. The first-order chi connectivity index (χ1) is 14.1. The fraction of sp³-hybridized carbons (Fsp3) is 0.273. The summed E-state index contributed by atoms with van der Waals surface area (Å²) in [6.45, 7) is 3.88. The van der Waals surface area contributed by atoms with E-state index in [4.69, 9.17) is 4.98 Å². The van der Waals surface area contributed by atoms with Crippen molar-refractivity contribution in [3.63, 3.8) is 0 Å². The molecule has 3 aromatic rings. The first-order valence-electron chi connectivity index (χ1n) is 9.49. The number of benzene rings is 2. The summed E-state index contributed by atoms with van der Waals surface area (Å²) in [5, 5.41) is 3.05. The zero-order chi connectivity index (χ0) is 20.2. The van der Waals surface area contributed by atoms with Crippen molar-refractivity contribution in [3.05, 3.63) is 70.3 Å². The van der Waals surface area contributed by atoms with Crippen molar-refractivity contribution < 1.29 is 9.18 Å². The maximum absolute atomic E-state index is 13.1. The molecule has 1 saturated heterocycles. The van der Waals surface area contributed by atoms with Crippen LogP contribution >= 0.6 is 23.1 Å². The number of nitrogens with zero attached hydrogens (tertiary/aromatic N) is 3. The average Bonchev–Trinajstić information content (AvgIpc) is 3.22. The molecule has 29 heavy (non-hydrogen) atoms. The van der Waals surface area contributed by atoms with Crippen molar-refractivity contribution in [2.75, 3.05) is 32.4 Å². The lowest BCUT2D eigenvalue weighted by atomic mass is 10.2. The molecule has 0 saturated carbocycles. The van der Waals surface area contributed by atoms with E-state index < -0.39 is 0 Å². The highest BCUT2D eigenvalue weighted by molar-refractivity contribution is 7.98. The normalized spacial score (nSPS) is 14.9. The molecule has 1 fully saturated rings. The van der Waals surface area contributed by atoms with Gasteiger partial charge in [0.2, 0.25) is 0 Å². The van der Waals surface area contributed by atoms with Crippen molar-refractivity contribution >= 4 is 29.0 Å². The zero-order valence-electron chi connectivity index (χ0n) is 16.2. The Morgan fingerprint density at radius 3 is 2.55 bits per heavy atom. The third-order valence-electron chi connectivity index (χ3n) is 5.05. The highest BCUT2D eigenvalue weighted by atomic mass is 32.2. The van der Waals surface area contributed by atoms with E-state index in [1.165, 1.54) is 12.1 Å². The first-order valence-corrected chi connectivity index (χ1v) is 11.6. The summed E-state index contributed by atoms with van der Waals surface area (Å²) in [5.41, 5.74) is 2.60. The van der Waals surface area contributed by atoms with Crippen LogP contribution in [0.2, 0.25) is 0 Å². The number of hydrogen-bond donors (Lipinski definition) is 0. The second-order valence-electron chi connectivity index (χ2n) is 6.90. The van der Waals surface area contributed by atoms with Gasteiger partial charge in [0.1, 0.15) is 10.8 Å². The number of carbonyl (C=O) groups excluding carboxylic acids is 1. The molecule has 0 aliphatic carbocycles. The quantitative estimate of drug-likeness (QED) is 0.557. The molecule has 4 rings (SSSR count). The molecule has 4 nitrogen and oxygen atoms in total. The van der Waals surface area contributed by atoms with Crippen molar-refractivity contribution in [1.29, 1.82) is 0 Å². The topological polar surface area (TPSA) is 36.4 Å². The van der Waals surface area contributed by atoms with Crippen molar-refractivity contribution in [3.8, 4) is 11.3 Å². The molecule has 0 radical (unpaired) electrons. The molecule has 150 valence electrons. The van der Waals surface area contributed by atoms with Crippen LogP contribution in [0.3, 0.4) is 0 Å². The van der Waals surface area contributed by atoms with E-state index in [-0.39, 0.29) is 11.7 Å². The minimum Gasteiger partial charge on any atom is -0.336 e. The molecule has 2 heterocycles. The van der Waals surface area contributed by atoms with Gasteiger partial charge in [0, 0.05) is 42.0 Å². The molecule has 0 N–H and O–H groups in total. The predicted octanol–water partition coefficient (Wildman–Crippen LogP) is 4.63. The molecular formula is C22H22FN3OS2. The number of hydrogen-bond acceptors (Lipinski definition) is 5. The smallest absolute Gasteiger partial charge is 0.255 e. The number of carbonyl (C=O) groups is 1. The molecule has 1 aliphatic rings. The van der Waals surface area contributed by atoms with Crippen molar-refractivity contribution in [1.82, 2.24) is 14.8 Å². The van der Waals surface area contributed by atoms with Gasteiger partial charge in [0.15, 0.2) is 0 Å². The van der Waals surface area contributed by atoms with Gasteiger partial charge in [-0.05, 0) is 42.7 Å². The van der Waals surface area contributed by atoms with Crippen LogP contribution in [0, 0.1) is 5.82 Å². The Kier molecular flexibility index (Phi) is 6.28. The standard InChI is InChI=1S/C22H22FN3OS2/c1-28-20-5-3-2-4-18(20)22(27)26-12-10-25(11-13-26)14-21-24-19(15-29-21)16-6-8-17(23)9-7-16/h2-9,15H,10-14H2,1H3. The lowest BCUT2D eigenvalue weighted by molar-refractivity contribution is 0.0625. The Morgan fingerprint density at radius 2 is 1.83 bits per heavy atom. The van der Waals surface area contributed by atoms with E-state index in [0.717, 1.165) is 59.4 Å². The summed E-state index contributed by atoms with van der Waals surface area (Å²) in [5.74, 6) is -0.126. The molecule has 7 heteroatoms. The van der Waals surface area contributed by atoms with Crippen LogP contribution in [0.15, 0.2) is 58.8 Å². The summed E-state index contributed by atoms with van der Waals surface area (Å²) < 4.78 is 13.1. The van der Waals surface area contributed by atoms with Crippen LogP contribution in [0.4, 0.5) is 4.39 Å². The molecule has 0 atom stereocenters. The van der Waals surface area contributed by atoms with Crippen LogP contribution in [0.1, 0.15) is 15.4 Å². The zero-order valence-corrected chi connectivity index (χ0v) is 17.8. The Bertz CT molecular complexity index is 982. The minimum absolute atomic E-state index is 0.113. The van der Waals surface area contributed by atoms with Crippen LogP contribution in [0.25, 0.3) is 11.3 Å². The maximum Gasteiger partial charge on any atom is 0.255 e. The van der Waals surface area contributed by atoms with Crippen LogP contribution in [-0.4, -0.2) is 53.1 Å². The molecule has 0 bridgehead atoms. The summed E-state index contributed by atoms with van der Waals surface area (Å²) >= 11 is 3.23. The highest BCUT2D eigenvalue weighted by Crippen LogP contribution is 2.24. The maximum atomic E-state index is 13.1. The van der Waals surface area contributed by atoms with E-state index >= 15 is 0 Å². The van der Waals surface area contributed by atoms with E-state index in [9.17, 15) is 9.18 Å². The van der Waals surface area contributed by atoms with E-state index in [1.54, 1.807) is 35.2 Å². The average molecular weight is 428 g/mol. The van der Waals surface area contributed by atoms with E-state index in [1.807, 2.05) is 40.8 Å². The van der Waals surface area contributed by atoms with Crippen LogP contribution in [-0.2, 0) is 6.54 Å². The van der Waals surface area contributed by atoms with Crippen LogP contribution < -0.4 is 0 Å². The molecule has 1 aliphatic heterocycles. The van der Waals surface area contributed by atoms with Gasteiger partial charge >= 0.3 is 0 Å². The number of thiazole rings is 1. The highest BCUT2D eigenvalue weighted by Gasteiger charge is 2.24. The van der Waals surface area contributed by atoms with Crippen LogP contribution in [0.5, 0.6) is 0 Å². The number of thioether (sulfide) groups is 1. The molecule has 0 unspecified atom stereocenters. The summed E-state index contributed by atoms with van der Waals surface area (Å²) in [7, 11) is 0. The van der Waals surface area contributed by atoms with Gasteiger partial charge in [-0.3, -0.25) is 9.69 Å². The van der Waals surface area contributed by atoms with Crippen molar-refractivity contribution in [2.24, 2.45) is 0 Å². The molecule has 2 aromatic carbocycles. The lowest BCUT2D eigenvalue weighted by Crippen LogP contribution is -2.48. The molecule has 0 spiro atoms. The summed E-state index contributed by atoms with van der Waals surface area (Å²) in [6, 6.07) is 14.2. The Morgan fingerprint density at radius 1 is 1.10 bits per heavy atom. The summed E-state index contributed by atoms with van der Waals surface area (Å²) in [4.78, 5) is 22.9. The Balaban J connectivity index is 1.34. The van der Waals surface area contributed by atoms with Gasteiger partial charge in [-0.2, -0.15) is 0 Å². The second kappa shape index (κ2) is 9.07. The van der Waals surface area contributed by atoms with Gasteiger partial charge < -0.3 is 4.90 Å². The monoisotopic (exact) mass is 427 g/mol. The van der Waals surface area contributed by atoms with Gasteiger partial charge in [-0.25, -0.2) is 9.37 Å². The number of amides is 1. The first kappa shape index (κ1) is 20.1. The van der Waals surface area contributed by atoms with Gasteiger partial charge in [0.25, 0.3) is 5.91 Å². The minimum atomic E-state index is -0.239. The third kappa shape index (κ3) is 4.69. The summed E-state index contributed by atoms with van der Waals surface area (Å²) in [6.07, 6.45) is 2.00. The largest absolute Gasteiger partial charge is 0.336 e. The predicted molar refractivity (Wildman–Crippen MR) is 117 cm³/mol. The molecule has 1 amide bonds. The number of piperazine rings is 1. The fourth-order valence-corrected chi connectivity index (χ4v) is 4.86. The fourth-order valence-electron chi connectivity index (χ4n) is 3.43. The van der Waals surface area contributed by atoms with E-state index in [2.05, 4.69) is 4.90 Å². The van der Waals surface area contributed by atoms with E-state index in [0.29, 0.717) is 0 Å². The molecule has 1 aromatic heterocycles. The van der Waals surface area contributed by atoms with Gasteiger partial charge in [0.05, 0.1) is 17.8 Å². The van der Waals surface area contributed by atoms with Gasteiger partial charge in [-0.1, -0.05) is 12.1 Å². The third-order valence-corrected chi connectivity index (χ3v) is 6.68. The SMILES string of the molecule is CSc1ccccc1C(=O)N1CCN(Cc2nc(-c3ccc(F)cc3)cs2)CC1. The Labute approximate surface area is 178 Å². The Hall–Kier alpha value is -2.22. The number of halogens is 1. The number of rotatable bonds is 5. The number of aromatic nitrogens is 1. The van der Waals surface area contributed by atoms with Crippen molar-refractivity contribution in [2.45, 2.75) is 11.4 Å². The lowest BCUT2D eigenvalue weighted by Gasteiger charge is -2.34.